The van der Waals surface area contributed by atoms with Crippen LogP contribution in [0.15, 0.2) is 91.0 Å². The molecule has 0 saturated heterocycles. The van der Waals surface area contributed by atoms with Gasteiger partial charge in [-0.2, -0.15) is 11.8 Å². The van der Waals surface area contributed by atoms with E-state index in [-0.39, 0.29) is 58.1 Å². The Morgan fingerprint density at radius 1 is 0.534 bits per heavy atom. The Labute approximate surface area is 431 Å². The number of rotatable bonds is 28. The van der Waals surface area contributed by atoms with Crippen LogP contribution in [0.2, 0.25) is 0 Å². The summed E-state index contributed by atoms with van der Waals surface area (Å²) in [5, 5.41) is 18.3. The molecule has 0 aliphatic carbocycles. The number of alkyl carbamates (subject to hydrolysis) is 2. The quantitative estimate of drug-likeness (QED) is 0.0294. The number of benzene rings is 3. The van der Waals surface area contributed by atoms with Crippen molar-refractivity contribution in [2.45, 2.75) is 135 Å². The predicted molar refractivity (Wildman–Crippen MR) is 275 cm³/mol. The average molecular weight is 1030 g/mol. The Bertz CT molecular complexity index is 2280. The highest BCUT2D eigenvalue weighted by Gasteiger charge is 2.32. The van der Waals surface area contributed by atoms with Crippen molar-refractivity contribution < 1.29 is 57.4 Å². The van der Waals surface area contributed by atoms with Crippen LogP contribution in [-0.4, -0.2) is 120 Å². The molecule has 0 bridgehead atoms. The fourth-order valence-electron chi connectivity index (χ4n) is 6.86. The molecule has 3 rings (SSSR count). The summed E-state index contributed by atoms with van der Waals surface area (Å²) in [4.78, 5) is 120. The molecular weight excluding hydrogens is 961 g/mol. The lowest BCUT2D eigenvalue weighted by Gasteiger charge is -2.27. The molecule has 9 N–H and O–H groups in total. The average Bonchev–Trinajstić information content (AvgIpc) is 3.32. The molecule has 398 valence electrons. The number of thioether (sulfide) groups is 1. The molecule has 0 aliphatic rings. The summed E-state index contributed by atoms with van der Waals surface area (Å²) in [6.07, 6.45) is 0.0529. The van der Waals surface area contributed by atoms with Crippen LogP contribution in [0.5, 0.6) is 0 Å². The number of nitrogens with one attached hydrogen (secondary N) is 7. The van der Waals surface area contributed by atoms with Gasteiger partial charge in [-0.3, -0.25) is 33.6 Å². The fourth-order valence-corrected chi connectivity index (χ4v) is 7.33. The Hall–Kier alpha value is -7.16. The summed E-state index contributed by atoms with van der Waals surface area (Å²) >= 11 is 1.43. The first-order chi connectivity index (χ1) is 34.5. The van der Waals surface area contributed by atoms with E-state index in [2.05, 4.69) is 37.2 Å². The van der Waals surface area contributed by atoms with Gasteiger partial charge in [-0.15, -0.1) is 0 Å². The summed E-state index contributed by atoms with van der Waals surface area (Å²) in [6, 6.07) is 20.1. The lowest BCUT2D eigenvalue weighted by molar-refractivity contribution is -0.145. The molecule has 20 nitrogen and oxygen atoms in total. The molecule has 3 aromatic rings. The van der Waals surface area contributed by atoms with Crippen molar-refractivity contribution in [1.82, 2.24) is 37.2 Å². The zero-order chi connectivity index (χ0) is 54.0. The largest absolute Gasteiger partial charge is 0.461 e. The highest BCUT2D eigenvalue weighted by atomic mass is 32.2. The molecule has 8 amide bonds. The minimum Gasteiger partial charge on any atom is -0.461 e. The van der Waals surface area contributed by atoms with Crippen molar-refractivity contribution >= 4 is 65.4 Å². The summed E-state index contributed by atoms with van der Waals surface area (Å²) in [5.74, 6) is -4.91. The maximum absolute atomic E-state index is 14.4. The van der Waals surface area contributed by atoms with Gasteiger partial charge < -0.3 is 57.2 Å². The zero-order valence-corrected chi connectivity index (χ0v) is 43.5. The van der Waals surface area contributed by atoms with E-state index in [0.29, 0.717) is 16.9 Å². The molecule has 73 heavy (non-hydrogen) atoms. The minimum absolute atomic E-state index is 0.00621. The minimum atomic E-state index is -1.36. The maximum Gasteiger partial charge on any atom is 0.408 e. The second-order valence-corrected chi connectivity index (χ2v) is 20.0. The molecule has 3 aromatic carbocycles. The molecule has 0 aliphatic heterocycles. The molecule has 21 heteroatoms. The van der Waals surface area contributed by atoms with Crippen LogP contribution < -0.4 is 43.0 Å². The van der Waals surface area contributed by atoms with Gasteiger partial charge in [-0.1, -0.05) is 91.0 Å². The predicted octanol–water partition coefficient (Wildman–Crippen LogP) is 3.49. The van der Waals surface area contributed by atoms with Crippen molar-refractivity contribution in [2.75, 3.05) is 25.1 Å². The molecule has 0 radical (unpaired) electrons. The molecule has 0 unspecified atom stereocenters. The lowest BCUT2D eigenvalue weighted by Crippen LogP contribution is -2.58. The third kappa shape index (κ3) is 25.2. The first-order valence-electron chi connectivity index (χ1n) is 24.0. The monoisotopic (exact) mass is 1030 g/mol. The van der Waals surface area contributed by atoms with Gasteiger partial charge in [0.1, 0.15) is 48.0 Å². The van der Waals surface area contributed by atoms with Crippen LogP contribution in [0.3, 0.4) is 0 Å². The molecular formula is C52H72N8O12S. The first-order valence-corrected chi connectivity index (χ1v) is 25.4. The van der Waals surface area contributed by atoms with Gasteiger partial charge in [0, 0.05) is 25.8 Å². The van der Waals surface area contributed by atoms with Crippen LogP contribution in [-0.2, 0) is 67.2 Å². The van der Waals surface area contributed by atoms with Crippen LogP contribution >= 0.6 is 11.8 Å². The zero-order valence-electron chi connectivity index (χ0n) is 42.7. The number of hydrogen-bond donors (Lipinski definition) is 8. The number of primary amides is 1. The van der Waals surface area contributed by atoms with Gasteiger partial charge in [0.2, 0.25) is 35.4 Å². The van der Waals surface area contributed by atoms with Crippen molar-refractivity contribution in [3.63, 3.8) is 0 Å². The van der Waals surface area contributed by atoms with Crippen molar-refractivity contribution in [3.8, 4) is 0 Å². The Morgan fingerprint density at radius 3 is 1.51 bits per heavy atom. The highest BCUT2D eigenvalue weighted by molar-refractivity contribution is 7.98. The van der Waals surface area contributed by atoms with Crippen LogP contribution in [0.1, 0.15) is 90.3 Å². The van der Waals surface area contributed by atoms with E-state index in [4.69, 9.17) is 19.9 Å². The van der Waals surface area contributed by atoms with Gasteiger partial charge in [0.15, 0.2) is 0 Å². The number of nitrogens with two attached hydrogens (primary N) is 1. The SMILES string of the molecule is CSCC[C@H](NC(=O)[C@H](CCC(=O)OCc1ccccc1)NC(=O)CNC(=O)[C@H](Cc1ccccc1)NC(=O)[C@H](Cc1ccccc1)NC(=O)[C@H](CCCNC(=O)OC(C)(C)C)NC(=O)OC(C)(C)C)C(N)=O. The van der Waals surface area contributed by atoms with Gasteiger partial charge in [-0.05, 0) is 95.9 Å². The normalized spacial score (nSPS) is 13.2. The standard InChI is InChI=1S/C52H72N8O12S/c1-51(2,3)71-49(68)54-28-17-24-38(60-50(69)72-52(4,5)6)46(65)59-41(31-35-20-13-9-14-21-35)48(67)58-40(30-34-18-11-8-12-19-34)45(64)55-32-42(61)56-39(47(66)57-37(44(53)63)27-29-73-7)25-26-43(62)70-33-36-22-15-10-16-23-36/h8-16,18-23,37-41H,17,24-33H2,1-7H3,(H2,53,63)(H,54,68)(H,55,64)(H,56,61)(H,57,66)(H,58,67)(H,59,65)(H,60,69)/t37-,38-,39-,40-,41-/m0/s1. The van der Waals surface area contributed by atoms with Crippen LogP contribution in [0.4, 0.5) is 9.59 Å². The van der Waals surface area contributed by atoms with Gasteiger partial charge in [0.25, 0.3) is 0 Å². The van der Waals surface area contributed by atoms with E-state index in [1.54, 1.807) is 126 Å². The molecule has 5 atom stereocenters. The number of hydrogen-bond acceptors (Lipinski definition) is 13. The second-order valence-electron chi connectivity index (χ2n) is 19.0. The summed E-state index contributed by atoms with van der Waals surface area (Å²) in [7, 11) is 0. The smallest absolute Gasteiger partial charge is 0.408 e. The van der Waals surface area contributed by atoms with Crippen molar-refractivity contribution in [1.29, 1.82) is 0 Å². The molecule has 0 aromatic heterocycles. The third-order valence-corrected chi connectivity index (χ3v) is 11.0. The Balaban J connectivity index is 1.83. The summed E-state index contributed by atoms with van der Waals surface area (Å²) in [6.45, 7) is 9.50. The Kier molecular flexibility index (Phi) is 25.3. The third-order valence-electron chi connectivity index (χ3n) is 10.4. The van der Waals surface area contributed by atoms with Crippen molar-refractivity contribution in [3.05, 3.63) is 108 Å². The van der Waals surface area contributed by atoms with E-state index >= 15 is 0 Å². The number of carbonyl (C=O) groups is 9. The van der Waals surface area contributed by atoms with Crippen molar-refractivity contribution in [2.24, 2.45) is 5.73 Å². The van der Waals surface area contributed by atoms with Gasteiger partial charge in [0.05, 0.1) is 6.54 Å². The lowest BCUT2D eigenvalue weighted by atomic mass is 10.0. The van der Waals surface area contributed by atoms with E-state index in [0.717, 1.165) is 5.56 Å². The highest BCUT2D eigenvalue weighted by Crippen LogP contribution is 2.13. The van der Waals surface area contributed by atoms with E-state index < -0.39 is 102 Å². The molecule has 0 spiro atoms. The first kappa shape index (κ1) is 60.1. The van der Waals surface area contributed by atoms with Crippen LogP contribution in [0, 0.1) is 0 Å². The second kappa shape index (κ2) is 30.7. The number of amides is 8. The fraction of sp³-hybridized carbons (Fsp3) is 0.481. The number of carbonyl (C=O) groups excluding carboxylic acids is 9. The van der Waals surface area contributed by atoms with Crippen LogP contribution in [0.25, 0.3) is 0 Å². The van der Waals surface area contributed by atoms with Gasteiger partial charge in [-0.25, -0.2) is 9.59 Å². The molecule has 0 saturated carbocycles. The van der Waals surface area contributed by atoms with E-state index in [9.17, 15) is 43.2 Å². The summed E-state index contributed by atoms with van der Waals surface area (Å²) < 4.78 is 16.1. The van der Waals surface area contributed by atoms with Gasteiger partial charge >= 0.3 is 18.2 Å². The maximum atomic E-state index is 14.4. The number of ether oxygens (including phenoxy) is 3. The topological polar surface area (TPSA) is 292 Å². The molecule has 0 heterocycles. The number of esters is 1. The van der Waals surface area contributed by atoms with E-state index in [1.807, 2.05) is 12.3 Å². The van der Waals surface area contributed by atoms with E-state index in [1.165, 1.54) is 11.8 Å². The summed E-state index contributed by atoms with van der Waals surface area (Å²) in [5.41, 5.74) is 5.93. The Morgan fingerprint density at radius 2 is 1.00 bits per heavy atom. The molecule has 0 fully saturated rings.